The molecule has 2 rings (SSSR count). The van der Waals surface area contributed by atoms with Crippen molar-refractivity contribution in [2.24, 2.45) is 4.99 Å². The number of amides is 1. The van der Waals surface area contributed by atoms with E-state index in [1.807, 2.05) is 6.07 Å². The van der Waals surface area contributed by atoms with Crippen LogP contribution in [-0.2, 0) is 4.79 Å². The summed E-state index contributed by atoms with van der Waals surface area (Å²) in [5, 5.41) is 8.95. The number of likely N-dealkylation sites (N-methyl/N-ethyl adjacent to an activating group) is 1. The van der Waals surface area contributed by atoms with Gasteiger partial charge < -0.3 is 20.9 Å². The lowest BCUT2D eigenvalue weighted by Crippen LogP contribution is -2.47. The molecule has 0 aliphatic carbocycles. The lowest BCUT2D eigenvalue weighted by atomic mass is 10.3. The molecule has 1 amide bonds. The number of nitrogens with zero attached hydrogens (tertiary/aromatic N) is 2. The molecule has 0 bridgehead atoms. The number of rotatable bonds is 4. The number of halogens is 1. The van der Waals surface area contributed by atoms with Gasteiger partial charge in [0, 0.05) is 38.9 Å². The first kappa shape index (κ1) is 18.5. The number of benzene rings is 1. The highest BCUT2D eigenvalue weighted by Crippen LogP contribution is 2.19. The van der Waals surface area contributed by atoms with Gasteiger partial charge in [0.25, 0.3) is 0 Å². The molecule has 3 N–H and O–H groups in total. The molecule has 1 fully saturated rings. The summed E-state index contributed by atoms with van der Waals surface area (Å²) in [6, 6.07) is 10.7. The first-order valence-electron chi connectivity index (χ1n) is 7.20. The highest BCUT2D eigenvalue weighted by Gasteiger charge is 2.23. The summed E-state index contributed by atoms with van der Waals surface area (Å²) in [7, 11) is 3.33. The van der Waals surface area contributed by atoms with Crippen LogP contribution in [0.1, 0.15) is 6.42 Å². The van der Waals surface area contributed by atoms with Crippen molar-refractivity contribution in [3.63, 3.8) is 0 Å². The number of carbonyl (C=O) groups excluding carboxylic acids is 1. The third kappa shape index (κ3) is 5.36. The summed E-state index contributed by atoms with van der Waals surface area (Å²) in [6.45, 7) is 2.18. The second-order valence-corrected chi connectivity index (χ2v) is 5.01. The highest BCUT2D eigenvalue weighted by molar-refractivity contribution is 14.0. The lowest BCUT2D eigenvalue weighted by molar-refractivity contribution is -0.119. The van der Waals surface area contributed by atoms with Gasteiger partial charge in [0.05, 0.1) is 6.54 Å². The van der Waals surface area contributed by atoms with Crippen LogP contribution in [0.2, 0.25) is 0 Å². The molecule has 1 atom stereocenters. The van der Waals surface area contributed by atoms with E-state index in [2.05, 4.69) is 50.1 Å². The molecule has 22 heavy (non-hydrogen) atoms. The maximum absolute atomic E-state index is 11.2. The first-order chi connectivity index (χ1) is 10.2. The normalized spacial score (nSPS) is 17.6. The molecule has 0 saturated carbocycles. The maximum Gasteiger partial charge on any atom is 0.239 e. The number of hydrogen-bond donors (Lipinski definition) is 3. The minimum atomic E-state index is -0.0599. The third-order valence-corrected chi connectivity index (χ3v) is 3.57. The zero-order valence-electron chi connectivity index (χ0n) is 13.0. The second-order valence-electron chi connectivity index (χ2n) is 5.01. The van der Waals surface area contributed by atoms with Crippen LogP contribution >= 0.6 is 24.0 Å². The highest BCUT2D eigenvalue weighted by atomic mass is 127. The Morgan fingerprint density at radius 3 is 2.73 bits per heavy atom. The van der Waals surface area contributed by atoms with Crippen molar-refractivity contribution < 1.29 is 4.79 Å². The van der Waals surface area contributed by atoms with Gasteiger partial charge in [-0.05, 0) is 18.6 Å². The van der Waals surface area contributed by atoms with Gasteiger partial charge in [0.15, 0.2) is 5.96 Å². The number of para-hydroxylation sites is 1. The SMILES string of the molecule is CN=C(NCC(=O)NC)NC1CCN(c2ccccc2)C1.I. The van der Waals surface area contributed by atoms with E-state index in [-0.39, 0.29) is 36.4 Å². The molecule has 0 aromatic heterocycles. The van der Waals surface area contributed by atoms with Crippen LogP contribution < -0.4 is 20.9 Å². The summed E-state index contributed by atoms with van der Waals surface area (Å²) in [4.78, 5) is 17.7. The maximum atomic E-state index is 11.2. The van der Waals surface area contributed by atoms with Gasteiger partial charge in [-0.1, -0.05) is 18.2 Å². The van der Waals surface area contributed by atoms with Gasteiger partial charge in [-0.3, -0.25) is 9.79 Å². The molecule has 1 aromatic rings. The minimum absolute atomic E-state index is 0. The molecule has 1 aliphatic rings. The topological polar surface area (TPSA) is 68.8 Å². The van der Waals surface area contributed by atoms with Gasteiger partial charge in [0.1, 0.15) is 0 Å². The van der Waals surface area contributed by atoms with Crippen molar-refractivity contribution in [2.75, 3.05) is 38.6 Å². The van der Waals surface area contributed by atoms with E-state index in [1.54, 1.807) is 14.1 Å². The Morgan fingerprint density at radius 1 is 1.36 bits per heavy atom. The molecule has 6 nitrogen and oxygen atoms in total. The van der Waals surface area contributed by atoms with Crippen LogP contribution in [-0.4, -0.2) is 51.6 Å². The number of carbonyl (C=O) groups is 1. The molecule has 1 aromatic carbocycles. The van der Waals surface area contributed by atoms with Crippen LogP contribution in [0.3, 0.4) is 0 Å². The van der Waals surface area contributed by atoms with Gasteiger partial charge in [-0.2, -0.15) is 0 Å². The standard InChI is InChI=1S/C15H23N5O.HI/c1-16-14(21)10-18-15(17-2)19-12-8-9-20(11-12)13-6-4-3-5-7-13;/h3-7,12H,8-11H2,1-2H3,(H,16,21)(H2,17,18,19);1H. The Kier molecular flexibility index (Phi) is 8.00. The quantitative estimate of drug-likeness (QED) is 0.385. The Labute approximate surface area is 148 Å². The average molecular weight is 417 g/mol. The predicted molar refractivity (Wildman–Crippen MR) is 101 cm³/mol. The fraction of sp³-hybridized carbons (Fsp3) is 0.467. The summed E-state index contributed by atoms with van der Waals surface area (Å²) in [5.74, 6) is 0.605. The van der Waals surface area contributed by atoms with E-state index >= 15 is 0 Å². The van der Waals surface area contributed by atoms with E-state index in [4.69, 9.17) is 0 Å². The summed E-state index contributed by atoms with van der Waals surface area (Å²) in [5.41, 5.74) is 1.25. The van der Waals surface area contributed by atoms with E-state index in [9.17, 15) is 4.79 Å². The summed E-state index contributed by atoms with van der Waals surface area (Å²) >= 11 is 0. The minimum Gasteiger partial charge on any atom is -0.369 e. The second kappa shape index (κ2) is 9.50. The number of guanidine groups is 1. The predicted octanol–water partition coefficient (Wildman–Crippen LogP) is 0.794. The number of nitrogens with one attached hydrogen (secondary N) is 3. The number of hydrogen-bond acceptors (Lipinski definition) is 3. The fourth-order valence-corrected chi connectivity index (χ4v) is 2.39. The third-order valence-electron chi connectivity index (χ3n) is 3.57. The number of anilines is 1. The van der Waals surface area contributed by atoms with Crippen LogP contribution in [0.25, 0.3) is 0 Å². The van der Waals surface area contributed by atoms with Crippen LogP contribution in [0, 0.1) is 0 Å². The van der Waals surface area contributed by atoms with Crippen LogP contribution in [0.15, 0.2) is 35.3 Å². The van der Waals surface area contributed by atoms with E-state index in [1.165, 1.54) is 5.69 Å². The zero-order valence-corrected chi connectivity index (χ0v) is 15.3. The van der Waals surface area contributed by atoms with Gasteiger partial charge in [-0.25, -0.2) is 0 Å². The van der Waals surface area contributed by atoms with Gasteiger partial charge in [-0.15, -0.1) is 24.0 Å². The van der Waals surface area contributed by atoms with E-state index in [0.717, 1.165) is 19.5 Å². The smallest absolute Gasteiger partial charge is 0.239 e. The molecule has 122 valence electrons. The van der Waals surface area contributed by atoms with Crippen molar-refractivity contribution >= 4 is 41.5 Å². The van der Waals surface area contributed by atoms with Crippen molar-refractivity contribution in [3.05, 3.63) is 30.3 Å². The van der Waals surface area contributed by atoms with Gasteiger partial charge in [0.2, 0.25) is 5.91 Å². The number of aliphatic imine (C=N–C) groups is 1. The molecule has 0 spiro atoms. The molecular weight excluding hydrogens is 393 g/mol. The summed E-state index contributed by atoms with van der Waals surface area (Å²) < 4.78 is 0. The van der Waals surface area contributed by atoms with Crippen molar-refractivity contribution in [1.29, 1.82) is 0 Å². The molecule has 1 heterocycles. The Hall–Kier alpha value is -1.51. The van der Waals surface area contributed by atoms with E-state index < -0.39 is 0 Å². The largest absolute Gasteiger partial charge is 0.369 e. The molecule has 1 saturated heterocycles. The van der Waals surface area contributed by atoms with Crippen molar-refractivity contribution in [1.82, 2.24) is 16.0 Å². The van der Waals surface area contributed by atoms with Crippen LogP contribution in [0.4, 0.5) is 5.69 Å². The van der Waals surface area contributed by atoms with Crippen LogP contribution in [0.5, 0.6) is 0 Å². The lowest BCUT2D eigenvalue weighted by Gasteiger charge is -2.20. The van der Waals surface area contributed by atoms with Crippen molar-refractivity contribution in [3.8, 4) is 0 Å². The van der Waals surface area contributed by atoms with Crippen molar-refractivity contribution in [2.45, 2.75) is 12.5 Å². The zero-order chi connectivity index (χ0) is 15.1. The average Bonchev–Trinajstić information content (AvgIpc) is 3.00. The first-order valence-corrected chi connectivity index (χ1v) is 7.20. The Bertz CT molecular complexity index is 494. The molecule has 0 radical (unpaired) electrons. The fourth-order valence-electron chi connectivity index (χ4n) is 2.39. The molecule has 1 aliphatic heterocycles. The monoisotopic (exact) mass is 417 g/mol. The Balaban J connectivity index is 0.00000242. The van der Waals surface area contributed by atoms with E-state index in [0.29, 0.717) is 12.0 Å². The molecular formula is C15H24IN5O. The van der Waals surface area contributed by atoms with Gasteiger partial charge >= 0.3 is 0 Å². The summed E-state index contributed by atoms with van der Waals surface area (Å²) in [6.07, 6.45) is 1.05. The molecule has 1 unspecified atom stereocenters. The molecule has 7 heteroatoms. The Morgan fingerprint density at radius 2 is 2.09 bits per heavy atom.